The van der Waals surface area contributed by atoms with E-state index in [0.29, 0.717) is 0 Å². The number of fused-ring (bicyclic) bond motifs is 1. The Kier molecular flexibility index (Phi) is 3.55. The Bertz CT molecular complexity index is 548. The molecule has 100 valence electrons. The number of hydrogen-bond donors (Lipinski definition) is 1. The van der Waals surface area contributed by atoms with Gasteiger partial charge in [0.25, 0.3) is 0 Å². The molecule has 0 aliphatic heterocycles. The third-order valence-electron chi connectivity index (χ3n) is 3.73. The summed E-state index contributed by atoms with van der Waals surface area (Å²) in [5.74, 6) is 0.920. The van der Waals surface area contributed by atoms with E-state index in [1.54, 1.807) is 0 Å². The smallest absolute Gasteiger partial charge is 0.165 e. The van der Waals surface area contributed by atoms with Gasteiger partial charge in [0.2, 0.25) is 0 Å². The van der Waals surface area contributed by atoms with E-state index in [-0.39, 0.29) is 6.04 Å². The average Bonchev–Trinajstić information content (AvgIpc) is 2.92. The lowest BCUT2D eigenvalue weighted by Gasteiger charge is -2.26. The second kappa shape index (κ2) is 5.48. The molecular weight excluding hydrogens is 238 g/mol. The number of nitrogens with zero attached hydrogens (tertiary/aromatic N) is 4. The first-order valence-electron chi connectivity index (χ1n) is 6.95. The molecule has 3 rings (SSSR count). The fraction of sp³-hybridized carbons (Fsp3) is 0.500. The van der Waals surface area contributed by atoms with Gasteiger partial charge in [-0.3, -0.25) is 0 Å². The quantitative estimate of drug-likeness (QED) is 0.906. The molecule has 1 atom stereocenters. The number of hydrogen-bond acceptors (Lipinski definition) is 4. The Hall–Kier alpha value is -1.75. The second-order valence-electron chi connectivity index (χ2n) is 4.93. The van der Waals surface area contributed by atoms with Gasteiger partial charge in [-0.15, -0.1) is 5.10 Å². The van der Waals surface area contributed by atoms with Gasteiger partial charge < -0.3 is 5.32 Å². The Morgan fingerprint density at radius 1 is 1.37 bits per heavy atom. The van der Waals surface area contributed by atoms with Crippen LogP contribution in [0.4, 0.5) is 0 Å². The van der Waals surface area contributed by atoms with Crippen molar-refractivity contribution in [1.82, 2.24) is 25.5 Å². The van der Waals surface area contributed by atoms with Crippen molar-refractivity contribution in [3.8, 4) is 0 Å². The minimum Gasteiger partial charge on any atom is -0.310 e. The molecule has 1 aliphatic rings. The molecule has 0 bridgehead atoms. The summed E-state index contributed by atoms with van der Waals surface area (Å²) in [5, 5.41) is 15.5. The number of tetrazole rings is 1. The Morgan fingerprint density at radius 3 is 3.16 bits per heavy atom. The van der Waals surface area contributed by atoms with Crippen molar-refractivity contribution in [2.45, 2.75) is 38.8 Å². The minimum absolute atomic E-state index is 0.286. The van der Waals surface area contributed by atoms with E-state index in [1.807, 2.05) is 4.68 Å². The van der Waals surface area contributed by atoms with Crippen LogP contribution in [0, 0.1) is 0 Å². The van der Waals surface area contributed by atoms with Crippen molar-refractivity contribution in [2.24, 2.45) is 0 Å². The molecule has 0 radical (unpaired) electrons. The van der Waals surface area contributed by atoms with Gasteiger partial charge in [-0.2, -0.15) is 0 Å². The number of aryl methyl sites for hydroxylation is 1. The van der Waals surface area contributed by atoms with Crippen LogP contribution < -0.4 is 5.32 Å². The van der Waals surface area contributed by atoms with Crippen molar-refractivity contribution >= 4 is 0 Å². The summed E-state index contributed by atoms with van der Waals surface area (Å²) in [5.41, 5.74) is 2.81. The predicted molar refractivity (Wildman–Crippen MR) is 72.7 cm³/mol. The monoisotopic (exact) mass is 257 g/mol. The molecule has 1 aromatic carbocycles. The molecule has 1 unspecified atom stereocenters. The molecule has 0 saturated heterocycles. The van der Waals surface area contributed by atoms with Crippen LogP contribution in [0.25, 0.3) is 0 Å². The molecule has 1 aromatic heterocycles. The van der Waals surface area contributed by atoms with Crippen LogP contribution in [0.15, 0.2) is 24.3 Å². The Balaban J connectivity index is 1.93. The number of aromatic nitrogens is 4. The molecule has 2 aromatic rings. The summed E-state index contributed by atoms with van der Waals surface area (Å²) >= 11 is 0. The topological polar surface area (TPSA) is 55.6 Å². The van der Waals surface area contributed by atoms with E-state index >= 15 is 0 Å². The van der Waals surface area contributed by atoms with Gasteiger partial charge >= 0.3 is 0 Å². The maximum Gasteiger partial charge on any atom is 0.165 e. The van der Waals surface area contributed by atoms with E-state index < -0.39 is 0 Å². The van der Waals surface area contributed by atoms with Crippen molar-refractivity contribution in [2.75, 3.05) is 6.54 Å². The van der Waals surface area contributed by atoms with Gasteiger partial charge in [0.05, 0.1) is 12.6 Å². The SMILES string of the molecule is CCNCc1nnnn1C1CCCc2ccccc21. The van der Waals surface area contributed by atoms with E-state index in [1.165, 1.54) is 17.5 Å². The zero-order chi connectivity index (χ0) is 13.1. The summed E-state index contributed by atoms with van der Waals surface area (Å²) in [4.78, 5) is 0. The van der Waals surface area contributed by atoms with Crippen molar-refractivity contribution in [1.29, 1.82) is 0 Å². The first kappa shape index (κ1) is 12.3. The van der Waals surface area contributed by atoms with Gasteiger partial charge in [-0.1, -0.05) is 31.2 Å². The molecule has 1 aliphatic carbocycles. The largest absolute Gasteiger partial charge is 0.310 e. The normalized spacial score (nSPS) is 18.3. The average molecular weight is 257 g/mol. The van der Waals surface area contributed by atoms with Gasteiger partial charge in [0, 0.05) is 0 Å². The van der Waals surface area contributed by atoms with E-state index in [0.717, 1.165) is 31.8 Å². The van der Waals surface area contributed by atoms with Crippen molar-refractivity contribution in [3.63, 3.8) is 0 Å². The first-order chi connectivity index (χ1) is 9.40. The maximum atomic E-state index is 4.21. The fourth-order valence-corrected chi connectivity index (χ4v) is 2.79. The summed E-state index contributed by atoms with van der Waals surface area (Å²) in [6.07, 6.45) is 3.47. The predicted octanol–water partition coefficient (Wildman–Crippen LogP) is 1.71. The van der Waals surface area contributed by atoms with Gasteiger partial charge in [0.1, 0.15) is 0 Å². The summed E-state index contributed by atoms with van der Waals surface area (Å²) in [6.45, 7) is 3.74. The molecule has 5 heteroatoms. The fourth-order valence-electron chi connectivity index (χ4n) is 2.79. The Labute approximate surface area is 113 Å². The van der Waals surface area contributed by atoms with Crippen molar-refractivity contribution < 1.29 is 0 Å². The maximum absolute atomic E-state index is 4.21. The summed E-state index contributed by atoms with van der Waals surface area (Å²) in [6, 6.07) is 8.92. The molecule has 5 nitrogen and oxygen atoms in total. The molecule has 0 saturated carbocycles. The number of nitrogens with one attached hydrogen (secondary N) is 1. The van der Waals surface area contributed by atoms with Crippen LogP contribution in [-0.2, 0) is 13.0 Å². The highest BCUT2D eigenvalue weighted by molar-refractivity contribution is 5.32. The van der Waals surface area contributed by atoms with Crippen LogP contribution in [-0.4, -0.2) is 26.8 Å². The lowest BCUT2D eigenvalue weighted by molar-refractivity contribution is 0.423. The number of benzene rings is 1. The van der Waals surface area contributed by atoms with Gasteiger partial charge in [0.15, 0.2) is 5.82 Å². The third kappa shape index (κ3) is 2.38. The lowest BCUT2D eigenvalue weighted by atomic mass is 9.88. The zero-order valence-electron chi connectivity index (χ0n) is 11.2. The van der Waals surface area contributed by atoms with Crippen LogP contribution >= 0.6 is 0 Å². The summed E-state index contributed by atoms with van der Waals surface area (Å²) < 4.78 is 1.99. The Morgan fingerprint density at radius 2 is 2.26 bits per heavy atom. The lowest BCUT2D eigenvalue weighted by Crippen LogP contribution is -2.23. The highest BCUT2D eigenvalue weighted by atomic mass is 15.6. The van der Waals surface area contributed by atoms with E-state index in [9.17, 15) is 0 Å². The molecule has 0 fully saturated rings. The standard InChI is InChI=1S/C14H19N5/c1-2-15-10-14-16-17-18-19(14)13-9-5-7-11-6-3-4-8-12(11)13/h3-4,6,8,13,15H,2,5,7,9-10H2,1H3. The molecule has 0 spiro atoms. The summed E-state index contributed by atoms with van der Waals surface area (Å²) in [7, 11) is 0. The van der Waals surface area contributed by atoms with Crippen LogP contribution in [0.1, 0.15) is 42.8 Å². The molecule has 19 heavy (non-hydrogen) atoms. The highest BCUT2D eigenvalue weighted by Crippen LogP contribution is 2.32. The van der Waals surface area contributed by atoms with Crippen LogP contribution in [0.3, 0.4) is 0 Å². The first-order valence-corrected chi connectivity index (χ1v) is 6.95. The van der Waals surface area contributed by atoms with Crippen molar-refractivity contribution in [3.05, 3.63) is 41.2 Å². The molecule has 1 heterocycles. The van der Waals surface area contributed by atoms with Gasteiger partial charge in [-0.05, 0) is 47.4 Å². The molecular formula is C14H19N5. The molecule has 1 N–H and O–H groups in total. The van der Waals surface area contributed by atoms with E-state index in [4.69, 9.17) is 0 Å². The minimum atomic E-state index is 0.286. The zero-order valence-corrected chi connectivity index (χ0v) is 11.2. The van der Waals surface area contributed by atoms with Crippen LogP contribution in [0.2, 0.25) is 0 Å². The third-order valence-corrected chi connectivity index (χ3v) is 3.73. The highest BCUT2D eigenvalue weighted by Gasteiger charge is 2.24. The van der Waals surface area contributed by atoms with Crippen LogP contribution in [0.5, 0.6) is 0 Å². The molecule has 0 amide bonds. The second-order valence-corrected chi connectivity index (χ2v) is 4.93. The number of rotatable bonds is 4. The van der Waals surface area contributed by atoms with Gasteiger partial charge in [-0.25, -0.2) is 4.68 Å². The van der Waals surface area contributed by atoms with E-state index in [2.05, 4.69) is 52.0 Å².